The van der Waals surface area contributed by atoms with E-state index in [1.807, 2.05) is 55.5 Å². The number of hydrogen-bond donors (Lipinski definition) is 0. The van der Waals surface area contributed by atoms with Gasteiger partial charge in [0.05, 0.1) is 11.4 Å². The number of rotatable bonds is 2. The number of aromatic nitrogens is 2. The van der Waals surface area contributed by atoms with Gasteiger partial charge in [0, 0.05) is 16.7 Å². The van der Waals surface area contributed by atoms with Crippen molar-refractivity contribution in [2.75, 3.05) is 0 Å². The number of halogens is 1. The fourth-order valence-electron chi connectivity index (χ4n) is 2.12. The molecule has 0 saturated heterocycles. The minimum Gasteiger partial charge on any atom is -0.267 e. The van der Waals surface area contributed by atoms with E-state index in [-0.39, 0.29) is 5.56 Å². The number of aryl methyl sites for hydroxylation is 1. The zero-order valence-electron chi connectivity index (χ0n) is 11.5. The summed E-state index contributed by atoms with van der Waals surface area (Å²) >= 11 is 6.04. The molecule has 0 bridgehead atoms. The molecule has 3 rings (SSSR count). The summed E-state index contributed by atoms with van der Waals surface area (Å²) in [6.07, 6.45) is 0. The van der Waals surface area contributed by atoms with Gasteiger partial charge in [0.15, 0.2) is 0 Å². The molecule has 0 fully saturated rings. The molecule has 3 aromatic rings. The number of para-hydroxylation sites is 1. The predicted molar refractivity (Wildman–Crippen MR) is 85.0 cm³/mol. The quantitative estimate of drug-likeness (QED) is 0.720. The highest BCUT2D eigenvalue weighted by molar-refractivity contribution is 6.31. The molecule has 1 aromatic heterocycles. The van der Waals surface area contributed by atoms with Crippen molar-refractivity contribution in [3.8, 4) is 16.9 Å². The van der Waals surface area contributed by atoms with Crippen molar-refractivity contribution < 1.29 is 0 Å². The number of benzene rings is 2. The summed E-state index contributed by atoms with van der Waals surface area (Å²) in [6.45, 7) is 1.94. The van der Waals surface area contributed by atoms with Gasteiger partial charge in [-0.05, 0) is 42.8 Å². The van der Waals surface area contributed by atoms with Gasteiger partial charge < -0.3 is 0 Å². The fourth-order valence-corrected chi connectivity index (χ4v) is 2.24. The second-order valence-corrected chi connectivity index (χ2v) is 5.18. The van der Waals surface area contributed by atoms with Crippen LogP contribution in [0.15, 0.2) is 65.5 Å². The molecular formula is C17H13ClN2O. The Bertz CT molecular complexity index is 841. The number of nitrogens with zero attached hydrogens (tertiary/aromatic N) is 2. The highest BCUT2D eigenvalue weighted by Crippen LogP contribution is 2.22. The van der Waals surface area contributed by atoms with E-state index in [0.29, 0.717) is 0 Å². The van der Waals surface area contributed by atoms with Crippen LogP contribution < -0.4 is 5.56 Å². The van der Waals surface area contributed by atoms with Gasteiger partial charge in [-0.2, -0.15) is 9.78 Å². The summed E-state index contributed by atoms with van der Waals surface area (Å²) in [5, 5.41) is 5.16. The third-order valence-corrected chi connectivity index (χ3v) is 3.68. The van der Waals surface area contributed by atoms with Crippen molar-refractivity contribution in [2.24, 2.45) is 0 Å². The lowest BCUT2D eigenvalue weighted by Gasteiger charge is -2.08. The second kappa shape index (κ2) is 5.54. The molecule has 0 N–H and O–H groups in total. The molecule has 0 aliphatic carbocycles. The largest absolute Gasteiger partial charge is 0.271 e. The Hall–Kier alpha value is -2.39. The molecular weight excluding hydrogens is 284 g/mol. The topological polar surface area (TPSA) is 34.9 Å². The standard InChI is InChI=1S/C17H13ClN2O/c1-12-11-13(7-8-15(12)18)16-9-10-17(21)20(19-16)14-5-3-2-4-6-14/h2-11H,1H3. The molecule has 1 heterocycles. The molecule has 3 nitrogen and oxygen atoms in total. The summed E-state index contributed by atoms with van der Waals surface area (Å²) < 4.78 is 1.40. The second-order valence-electron chi connectivity index (χ2n) is 4.77. The summed E-state index contributed by atoms with van der Waals surface area (Å²) in [5.74, 6) is 0. The summed E-state index contributed by atoms with van der Waals surface area (Å²) in [7, 11) is 0. The van der Waals surface area contributed by atoms with Crippen LogP contribution in [0.5, 0.6) is 0 Å². The van der Waals surface area contributed by atoms with Crippen molar-refractivity contribution >= 4 is 11.6 Å². The average Bonchev–Trinajstić information content (AvgIpc) is 2.51. The Kier molecular flexibility index (Phi) is 3.59. The Morgan fingerprint density at radius 1 is 1.00 bits per heavy atom. The van der Waals surface area contributed by atoms with Gasteiger partial charge in [-0.1, -0.05) is 35.9 Å². The SMILES string of the molecule is Cc1cc(-c2ccc(=O)n(-c3ccccc3)n2)ccc1Cl. The van der Waals surface area contributed by atoms with Crippen molar-refractivity contribution in [1.29, 1.82) is 0 Å². The molecule has 0 spiro atoms. The molecule has 0 atom stereocenters. The lowest BCUT2D eigenvalue weighted by molar-refractivity contribution is 0.812. The summed E-state index contributed by atoms with van der Waals surface area (Å²) in [6, 6.07) is 18.3. The van der Waals surface area contributed by atoms with Gasteiger partial charge in [0.2, 0.25) is 0 Å². The van der Waals surface area contributed by atoms with Crippen LogP contribution in [0.25, 0.3) is 16.9 Å². The Labute approximate surface area is 127 Å². The first-order valence-corrected chi connectivity index (χ1v) is 6.95. The normalized spacial score (nSPS) is 10.6. The van der Waals surface area contributed by atoms with Crippen molar-refractivity contribution in [1.82, 2.24) is 9.78 Å². The Morgan fingerprint density at radius 2 is 1.76 bits per heavy atom. The van der Waals surface area contributed by atoms with E-state index in [1.165, 1.54) is 10.7 Å². The van der Waals surface area contributed by atoms with Crippen LogP contribution in [0.2, 0.25) is 5.02 Å². The first-order valence-electron chi connectivity index (χ1n) is 6.57. The van der Waals surface area contributed by atoms with Crippen molar-refractivity contribution in [2.45, 2.75) is 6.92 Å². The highest BCUT2D eigenvalue weighted by atomic mass is 35.5. The van der Waals surface area contributed by atoms with Gasteiger partial charge in [0.25, 0.3) is 5.56 Å². The Morgan fingerprint density at radius 3 is 2.48 bits per heavy atom. The van der Waals surface area contributed by atoms with E-state index in [9.17, 15) is 4.79 Å². The third-order valence-electron chi connectivity index (χ3n) is 3.25. The van der Waals surface area contributed by atoms with Gasteiger partial charge >= 0.3 is 0 Å². The van der Waals surface area contributed by atoms with E-state index < -0.39 is 0 Å². The van der Waals surface area contributed by atoms with Crippen LogP contribution in [-0.2, 0) is 0 Å². The van der Waals surface area contributed by atoms with E-state index in [0.717, 1.165) is 27.5 Å². The van der Waals surface area contributed by atoms with E-state index >= 15 is 0 Å². The molecule has 0 radical (unpaired) electrons. The molecule has 21 heavy (non-hydrogen) atoms. The maximum absolute atomic E-state index is 12.0. The minimum absolute atomic E-state index is 0.157. The third kappa shape index (κ3) is 2.73. The van der Waals surface area contributed by atoms with Crippen molar-refractivity contribution in [3.05, 3.63) is 81.6 Å². The van der Waals surface area contributed by atoms with E-state index in [2.05, 4.69) is 5.10 Å². The minimum atomic E-state index is -0.157. The molecule has 2 aromatic carbocycles. The fraction of sp³-hybridized carbons (Fsp3) is 0.0588. The maximum atomic E-state index is 12.0. The Balaban J connectivity index is 2.13. The van der Waals surface area contributed by atoms with Crippen LogP contribution >= 0.6 is 11.6 Å². The smallest absolute Gasteiger partial charge is 0.267 e. The van der Waals surface area contributed by atoms with Crippen molar-refractivity contribution in [3.63, 3.8) is 0 Å². The van der Waals surface area contributed by atoms with Crippen LogP contribution in [0, 0.1) is 6.92 Å². The van der Waals surface area contributed by atoms with Gasteiger partial charge in [-0.15, -0.1) is 0 Å². The average molecular weight is 297 g/mol. The van der Waals surface area contributed by atoms with Crippen LogP contribution in [0.1, 0.15) is 5.56 Å². The van der Waals surface area contributed by atoms with Crippen LogP contribution in [0.4, 0.5) is 0 Å². The zero-order chi connectivity index (χ0) is 14.8. The maximum Gasteiger partial charge on any atom is 0.271 e. The van der Waals surface area contributed by atoms with E-state index in [4.69, 9.17) is 11.6 Å². The number of hydrogen-bond acceptors (Lipinski definition) is 2. The first-order chi connectivity index (χ1) is 10.1. The molecule has 4 heteroatoms. The van der Waals surface area contributed by atoms with Crippen LogP contribution in [-0.4, -0.2) is 9.78 Å². The zero-order valence-corrected chi connectivity index (χ0v) is 12.2. The lowest BCUT2D eigenvalue weighted by atomic mass is 10.1. The molecule has 0 amide bonds. The van der Waals surface area contributed by atoms with Gasteiger partial charge in [-0.3, -0.25) is 4.79 Å². The van der Waals surface area contributed by atoms with Gasteiger partial charge in [0.1, 0.15) is 0 Å². The molecule has 0 saturated carbocycles. The molecule has 0 aliphatic rings. The predicted octanol–water partition coefficient (Wildman–Crippen LogP) is 3.86. The van der Waals surface area contributed by atoms with Gasteiger partial charge in [-0.25, -0.2) is 0 Å². The first kappa shape index (κ1) is 13.6. The lowest BCUT2D eigenvalue weighted by Crippen LogP contribution is -2.20. The molecule has 104 valence electrons. The monoisotopic (exact) mass is 296 g/mol. The molecule has 0 aliphatic heterocycles. The molecule has 0 unspecified atom stereocenters. The van der Waals surface area contributed by atoms with E-state index in [1.54, 1.807) is 6.07 Å². The van der Waals surface area contributed by atoms with Crippen LogP contribution in [0.3, 0.4) is 0 Å². The summed E-state index contributed by atoms with van der Waals surface area (Å²) in [4.78, 5) is 12.0. The summed E-state index contributed by atoms with van der Waals surface area (Å²) in [5.41, 5.74) is 3.24. The highest BCUT2D eigenvalue weighted by Gasteiger charge is 2.06.